The average molecular weight is 263 g/mol. The molecule has 0 saturated heterocycles. The molecule has 0 fully saturated rings. The standard InChI is InChI=1S/C11H16Cl2N2O/c1-6(2)15-5-10(16)7-3-8(12)11(14)9(13)4-7/h3-4,6,10,15-16H,5,14H2,1-2H3/t10-/m1/s1. The molecule has 0 aliphatic carbocycles. The molecule has 0 bridgehead atoms. The van der Waals surface area contributed by atoms with Gasteiger partial charge in [0.1, 0.15) is 0 Å². The van der Waals surface area contributed by atoms with Gasteiger partial charge in [0.05, 0.1) is 21.8 Å². The zero-order valence-electron chi connectivity index (χ0n) is 9.30. The predicted octanol–water partition coefficient (Wildman–Crippen LogP) is 2.61. The van der Waals surface area contributed by atoms with Crippen LogP contribution in [-0.2, 0) is 0 Å². The van der Waals surface area contributed by atoms with Crippen molar-refractivity contribution in [2.75, 3.05) is 12.3 Å². The van der Waals surface area contributed by atoms with Crippen LogP contribution in [0.2, 0.25) is 10.0 Å². The minimum Gasteiger partial charge on any atom is -0.396 e. The second kappa shape index (κ2) is 5.73. The number of nitrogen functional groups attached to an aromatic ring is 1. The molecule has 0 spiro atoms. The van der Waals surface area contributed by atoms with Crippen LogP contribution in [0.15, 0.2) is 12.1 Å². The Morgan fingerprint density at radius 2 is 1.81 bits per heavy atom. The van der Waals surface area contributed by atoms with Gasteiger partial charge < -0.3 is 16.2 Å². The van der Waals surface area contributed by atoms with Gasteiger partial charge in [-0.1, -0.05) is 37.0 Å². The Morgan fingerprint density at radius 1 is 1.31 bits per heavy atom. The van der Waals surface area contributed by atoms with Crippen LogP contribution in [-0.4, -0.2) is 17.7 Å². The van der Waals surface area contributed by atoms with Gasteiger partial charge in [0, 0.05) is 12.6 Å². The maximum Gasteiger partial charge on any atom is 0.0915 e. The second-order valence-corrected chi connectivity index (χ2v) is 4.79. The van der Waals surface area contributed by atoms with Crippen molar-refractivity contribution >= 4 is 28.9 Å². The van der Waals surface area contributed by atoms with Crippen molar-refractivity contribution < 1.29 is 5.11 Å². The highest BCUT2D eigenvalue weighted by Crippen LogP contribution is 2.31. The van der Waals surface area contributed by atoms with Gasteiger partial charge in [-0.15, -0.1) is 0 Å². The number of nitrogens with one attached hydrogen (secondary N) is 1. The summed E-state index contributed by atoms with van der Waals surface area (Å²) in [6.45, 7) is 4.47. The lowest BCUT2D eigenvalue weighted by Crippen LogP contribution is -2.27. The summed E-state index contributed by atoms with van der Waals surface area (Å²) in [7, 11) is 0. The fourth-order valence-electron chi connectivity index (χ4n) is 1.26. The number of aliphatic hydroxyl groups excluding tert-OH is 1. The molecule has 16 heavy (non-hydrogen) atoms. The largest absolute Gasteiger partial charge is 0.396 e. The molecule has 0 amide bonds. The van der Waals surface area contributed by atoms with E-state index in [9.17, 15) is 5.11 Å². The molecule has 4 N–H and O–H groups in total. The van der Waals surface area contributed by atoms with E-state index in [-0.39, 0.29) is 0 Å². The summed E-state index contributed by atoms with van der Waals surface area (Å²) in [5, 5.41) is 13.8. The first kappa shape index (κ1) is 13.6. The molecule has 5 heteroatoms. The molecule has 1 rings (SSSR count). The van der Waals surface area contributed by atoms with E-state index in [1.54, 1.807) is 12.1 Å². The molecule has 1 aromatic rings. The van der Waals surface area contributed by atoms with Gasteiger partial charge in [0.25, 0.3) is 0 Å². The monoisotopic (exact) mass is 262 g/mol. The Bertz CT molecular complexity index is 346. The first-order chi connectivity index (χ1) is 7.41. The SMILES string of the molecule is CC(C)NC[C@@H](O)c1cc(Cl)c(N)c(Cl)c1. The molecule has 1 aromatic carbocycles. The number of nitrogens with two attached hydrogens (primary N) is 1. The van der Waals surface area contributed by atoms with Gasteiger partial charge in [-0.05, 0) is 17.7 Å². The van der Waals surface area contributed by atoms with Crippen molar-refractivity contribution in [1.82, 2.24) is 5.32 Å². The first-order valence-corrected chi connectivity index (χ1v) is 5.83. The van der Waals surface area contributed by atoms with E-state index in [1.165, 1.54) is 0 Å². The smallest absolute Gasteiger partial charge is 0.0915 e. The summed E-state index contributed by atoms with van der Waals surface area (Å²) in [5.41, 5.74) is 6.62. The van der Waals surface area contributed by atoms with Crippen molar-refractivity contribution in [3.63, 3.8) is 0 Å². The number of benzene rings is 1. The summed E-state index contributed by atoms with van der Waals surface area (Å²) in [6, 6.07) is 3.58. The zero-order valence-corrected chi connectivity index (χ0v) is 10.8. The first-order valence-electron chi connectivity index (χ1n) is 5.07. The third-order valence-electron chi connectivity index (χ3n) is 2.21. The predicted molar refractivity (Wildman–Crippen MR) is 69.0 cm³/mol. The van der Waals surface area contributed by atoms with Gasteiger partial charge in [0.15, 0.2) is 0 Å². The molecule has 1 atom stereocenters. The summed E-state index contributed by atoms with van der Waals surface area (Å²) in [5.74, 6) is 0. The lowest BCUT2D eigenvalue weighted by molar-refractivity contribution is 0.171. The Hall–Kier alpha value is -0.480. The lowest BCUT2D eigenvalue weighted by Gasteiger charge is -2.15. The maximum absolute atomic E-state index is 9.89. The minimum atomic E-state index is -0.641. The summed E-state index contributed by atoms with van der Waals surface area (Å²) in [4.78, 5) is 0. The topological polar surface area (TPSA) is 58.3 Å². The number of halogens is 2. The third kappa shape index (κ3) is 3.52. The number of rotatable bonds is 4. The molecule has 0 radical (unpaired) electrons. The van der Waals surface area contributed by atoms with Crippen LogP contribution in [0, 0.1) is 0 Å². The second-order valence-electron chi connectivity index (χ2n) is 3.98. The van der Waals surface area contributed by atoms with Gasteiger partial charge in [-0.25, -0.2) is 0 Å². The molecule has 0 heterocycles. The molecule has 3 nitrogen and oxygen atoms in total. The lowest BCUT2D eigenvalue weighted by atomic mass is 10.1. The molecular weight excluding hydrogens is 247 g/mol. The highest BCUT2D eigenvalue weighted by molar-refractivity contribution is 6.38. The number of anilines is 1. The minimum absolute atomic E-state index is 0.314. The van der Waals surface area contributed by atoms with E-state index in [4.69, 9.17) is 28.9 Å². The van der Waals surface area contributed by atoms with Crippen LogP contribution in [0.1, 0.15) is 25.5 Å². The molecule has 0 aromatic heterocycles. The Kier molecular flexibility index (Phi) is 4.87. The number of aliphatic hydroxyl groups is 1. The summed E-state index contributed by atoms with van der Waals surface area (Å²) >= 11 is 11.8. The van der Waals surface area contributed by atoms with Gasteiger partial charge in [0.2, 0.25) is 0 Å². The summed E-state index contributed by atoms with van der Waals surface area (Å²) < 4.78 is 0. The van der Waals surface area contributed by atoms with Crippen LogP contribution >= 0.6 is 23.2 Å². The van der Waals surface area contributed by atoms with E-state index in [0.29, 0.717) is 33.9 Å². The van der Waals surface area contributed by atoms with E-state index < -0.39 is 6.10 Å². The van der Waals surface area contributed by atoms with Crippen LogP contribution in [0.25, 0.3) is 0 Å². The van der Waals surface area contributed by atoms with E-state index in [1.807, 2.05) is 13.8 Å². The third-order valence-corrected chi connectivity index (χ3v) is 2.83. The number of hydrogen-bond donors (Lipinski definition) is 3. The Labute approximate surface area is 106 Å². The van der Waals surface area contributed by atoms with Gasteiger partial charge >= 0.3 is 0 Å². The fourth-order valence-corrected chi connectivity index (χ4v) is 1.77. The van der Waals surface area contributed by atoms with Crippen LogP contribution in [0.4, 0.5) is 5.69 Å². The molecule has 0 unspecified atom stereocenters. The van der Waals surface area contributed by atoms with Gasteiger partial charge in [-0.2, -0.15) is 0 Å². The molecule has 0 aliphatic heterocycles. The molecular formula is C11H16Cl2N2O. The maximum atomic E-state index is 9.89. The van der Waals surface area contributed by atoms with E-state index >= 15 is 0 Å². The fraction of sp³-hybridized carbons (Fsp3) is 0.455. The normalized spacial score (nSPS) is 13.1. The van der Waals surface area contributed by atoms with Gasteiger partial charge in [-0.3, -0.25) is 0 Å². The Balaban J connectivity index is 2.80. The molecule has 90 valence electrons. The van der Waals surface area contributed by atoms with Crippen molar-refractivity contribution in [3.05, 3.63) is 27.7 Å². The number of hydrogen-bond acceptors (Lipinski definition) is 3. The molecule has 0 saturated carbocycles. The summed E-state index contributed by atoms with van der Waals surface area (Å²) in [6.07, 6.45) is -0.641. The van der Waals surface area contributed by atoms with Crippen molar-refractivity contribution in [2.24, 2.45) is 0 Å². The highest BCUT2D eigenvalue weighted by Gasteiger charge is 2.12. The van der Waals surface area contributed by atoms with Crippen LogP contribution in [0.3, 0.4) is 0 Å². The van der Waals surface area contributed by atoms with Crippen LogP contribution in [0.5, 0.6) is 0 Å². The average Bonchev–Trinajstić information content (AvgIpc) is 2.21. The molecule has 0 aliphatic rings. The van der Waals surface area contributed by atoms with Crippen LogP contribution < -0.4 is 11.1 Å². The highest BCUT2D eigenvalue weighted by atomic mass is 35.5. The zero-order chi connectivity index (χ0) is 12.3. The quantitative estimate of drug-likeness (QED) is 0.732. The van der Waals surface area contributed by atoms with E-state index in [2.05, 4.69) is 5.32 Å². The van der Waals surface area contributed by atoms with Crippen molar-refractivity contribution in [1.29, 1.82) is 0 Å². The van der Waals surface area contributed by atoms with Crippen molar-refractivity contribution in [3.8, 4) is 0 Å². The van der Waals surface area contributed by atoms with E-state index in [0.717, 1.165) is 0 Å². The van der Waals surface area contributed by atoms with Crippen molar-refractivity contribution in [2.45, 2.75) is 26.0 Å². The Morgan fingerprint density at radius 3 is 2.25 bits per heavy atom.